The molecule has 0 spiro atoms. The van der Waals surface area contributed by atoms with E-state index < -0.39 is 0 Å². The molecular weight excluding hydrogens is 328 g/mol. The maximum Gasteiger partial charge on any atom is 0.207 e. The van der Waals surface area contributed by atoms with E-state index in [0.29, 0.717) is 18.4 Å². The number of aliphatic imine (C=N–C) groups is 1. The molecule has 0 radical (unpaired) electrons. The average Bonchev–Trinajstić information content (AvgIpc) is 3.14. The number of H-pyrrole nitrogens is 1. The maximum atomic E-state index is 9.07. The van der Waals surface area contributed by atoms with Crippen molar-refractivity contribution in [2.75, 3.05) is 31.6 Å². The Morgan fingerprint density at radius 3 is 3.15 bits per heavy atom. The van der Waals surface area contributed by atoms with Gasteiger partial charge in [-0.2, -0.15) is 5.26 Å². The molecule has 8 nitrogen and oxygen atoms in total. The highest BCUT2D eigenvalue weighted by atomic mass is 15.3. The SMILES string of the molecule is CCCN=C(NC#N)N1CC[C@@H](C)[C@H](N(C)c2ncnc3[nH]ccc23)C1. The molecule has 1 fully saturated rings. The molecule has 138 valence electrons. The molecule has 3 rings (SSSR count). The summed E-state index contributed by atoms with van der Waals surface area (Å²) in [4.78, 5) is 20.9. The second-order valence-electron chi connectivity index (χ2n) is 6.77. The zero-order valence-electron chi connectivity index (χ0n) is 15.6. The maximum absolute atomic E-state index is 9.07. The number of hydrogen-bond donors (Lipinski definition) is 2. The van der Waals surface area contributed by atoms with Gasteiger partial charge in [-0.15, -0.1) is 0 Å². The van der Waals surface area contributed by atoms with Gasteiger partial charge in [-0.1, -0.05) is 13.8 Å². The molecule has 0 saturated carbocycles. The summed E-state index contributed by atoms with van der Waals surface area (Å²) >= 11 is 0. The number of aromatic amines is 1. The Balaban J connectivity index is 1.84. The number of nitriles is 1. The third kappa shape index (κ3) is 3.57. The molecule has 0 unspecified atom stereocenters. The van der Waals surface area contributed by atoms with E-state index in [4.69, 9.17) is 5.26 Å². The molecule has 8 heteroatoms. The molecule has 2 aromatic rings. The molecule has 3 heterocycles. The number of guanidine groups is 1. The first kappa shape index (κ1) is 18.0. The van der Waals surface area contributed by atoms with Gasteiger partial charge in [0.2, 0.25) is 5.96 Å². The van der Waals surface area contributed by atoms with Crippen LogP contribution in [0.4, 0.5) is 5.82 Å². The Hall–Kier alpha value is -2.82. The van der Waals surface area contributed by atoms with Crippen molar-refractivity contribution in [1.29, 1.82) is 5.26 Å². The predicted octanol–water partition coefficient (Wildman–Crippen LogP) is 1.94. The fraction of sp³-hybridized carbons (Fsp3) is 0.556. The lowest BCUT2D eigenvalue weighted by molar-refractivity contribution is 0.235. The number of hydrogen-bond acceptors (Lipinski definition) is 5. The van der Waals surface area contributed by atoms with E-state index in [2.05, 4.69) is 56.0 Å². The zero-order chi connectivity index (χ0) is 18.5. The lowest BCUT2D eigenvalue weighted by Gasteiger charge is -2.42. The van der Waals surface area contributed by atoms with Crippen LogP contribution in [0, 0.1) is 17.4 Å². The minimum absolute atomic E-state index is 0.268. The van der Waals surface area contributed by atoms with Gasteiger partial charge in [0.1, 0.15) is 17.8 Å². The van der Waals surface area contributed by atoms with Gasteiger partial charge in [0, 0.05) is 32.9 Å². The van der Waals surface area contributed by atoms with Crippen LogP contribution in [0.1, 0.15) is 26.7 Å². The minimum atomic E-state index is 0.268. The number of aromatic nitrogens is 3. The van der Waals surface area contributed by atoms with Crippen LogP contribution in [0.15, 0.2) is 23.6 Å². The first-order chi connectivity index (χ1) is 12.7. The standard InChI is InChI=1S/C18H26N8/c1-4-7-21-18(22-11-19)26-9-6-13(2)15(10-26)25(3)17-14-5-8-20-16(14)23-12-24-17/h5,8,12-13,15H,4,6-7,9-10H2,1-3H3,(H,21,22)(H,20,23,24)/t13-,15-/m1/s1. The van der Waals surface area contributed by atoms with E-state index in [1.54, 1.807) is 6.33 Å². The lowest BCUT2D eigenvalue weighted by atomic mass is 9.92. The second-order valence-corrected chi connectivity index (χ2v) is 6.77. The van der Waals surface area contributed by atoms with Crippen molar-refractivity contribution in [2.45, 2.75) is 32.7 Å². The van der Waals surface area contributed by atoms with Gasteiger partial charge in [-0.3, -0.25) is 10.3 Å². The van der Waals surface area contributed by atoms with Crippen LogP contribution < -0.4 is 10.2 Å². The summed E-state index contributed by atoms with van der Waals surface area (Å²) in [5, 5.41) is 12.8. The van der Waals surface area contributed by atoms with Crippen LogP contribution in [0.3, 0.4) is 0 Å². The van der Waals surface area contributed by atoms with Crippen molar-refractivity contribution in [3.05, 3.63) is 18.6 Å². The molecule has 0 aliphatic carbocycles. The van der Waals surface area contributed by atoms with Crippen molar-refractivity contribution < 1.29 is 0 Å². The van der Waals surface area contributed by atoms with E-state index in [9.17, 15) is 0 Å². The molecule has 2 N–H and O–H groups in total. The topological polar surface area (TPSA) is 96.2 Å². The Kier molecular flexibility index (Phi) is 5.56. The molecule has 1 aliphatic heterocycles. The molecule has 0 amide bonds. The number of piperidine rings is 1. The number of likely N-dealkylation sites (N-methyl/N-ethyl adjacent to an activating group) is 1. The van der Waals surface area contributed by atoms with Crippen LogP contribution >= 0.6 is 0 Å². The normalized spacial score (nSPS) is 20.8. The van der Waals surface area contributed by atoms with Crippen molar-refractivity contribution in [3.63, 3.8) is 0 Å². The summed E-state index contributed by atoms with van der Waals surface area (Å²) in [6.45, 7) is 6.76. The number of nitrogens with one attached hydrogen (secondary N) is 2. The minimum Gasteiger partial charge on any atom is -0.354 e. The average molecular weight is 354 g/mol. The predicted molar refractivity (Wildman–Crippen MR) is 103 cm³/mol. The highest BCUT2D eigenvalue weighted by Crippen LogP contribution is 2.28. The van der Waals surface area contributed by atoms with E-state index in [1.807, 2.05) is 18.5 Å². The van der Waals surface area contributed by atoms with Crippen molar-refractivity contribution in [2.24, 2.45) is 10.9 Å². The summed E-state index contributed by atoms with van der Waals surface area (Å²) < 4.78 is 0. The monoisotopic (exact) mass is 354 g/mol. The number of likely N-dealkylation sites (tertiary alicyclic amines) is 1. The molecule has 1 aliphatic rings. The highest BCUT2D eigenvalue weighted by Gasteiger charge is 2.32. The second kappa shape index (κ2) is 8.04. The van der Waals surface area contributed by atoms with Gasteiger partial charge in [0.25, 0.3) is 0 Å². The zero-order valence-corrected chi connectivity index (χ0v) is 15.6. The molecular formula is C18H26N8. The van der Waals surface area contributed by atoms with Gasteiger partial charge in [-0.05, 0) is 24.8 Å². The van der Waals surface area contributed by atoms with Gasteiger partial charge in [0.05, 0.1) is 11.4 Å². The molecule has 26 heavy (non-hydrogen) atoms. The van der Waals surface area contributed by atoms with Gasteiger partial charge < -0.3 is 14.8 Å². The highest BCUT2D eigenvalue weighted by molar-refractivity contribution is 5.87. The van der Waals surface area contributed by atoms with Gasteiger partial charge >= 0.3 is 0 Å². The first-order valence-corrected chi connectivity index (χ1v) is 9.11. The first-order valence-electron chi connectivity index (χ1n) is 9.11. The molecule has 1 saturated heterocycles. The van der Waals surface area contributed by atoms with Crippen LogP contribution in [-0.2, 0) is 0 Å². The summed E-state index contributed by atoms with van der Waals surface area (Å²) in [6.07, 6.45) is 7.50. The number of nitrogens with zero attached hydrogens (tertiary/aromatic N) is 6. The summed E-state index contributed by atoms with van der Waals surface area (Å²) in [5.74, 6) is 2.11. The van der Waals surface area contributed by atoms with Gasteiger partial charge in [-0.25, -0.2) is 9.97 Å². The van der Waals surface area contributed by atoms with Crippen LogP contribution in [0.25, 0.3) is 11.0 Å². The summed E-state index contributed by atoms with van der Waals surface area (Å²) in [7, 11) is 2.08. The largest absolute Gasteiger partial charge is 0.354 e. The third-order valence-corrected chi connectivity index (χ3v) is 5.04. The number of fused-ring (bicyclic) bond motifs is 1. The smallest absolute Gasteiger partial charge is 0.207 e. The molecule has 2 aromatic heterocycles. The van der Waals surface area contributed by atoms with E-state index in [1.165, 1.54) is 0 Å². The Labute approximate surface area is 153 Å². The Morgan fingerprint density at radius 1 is 1.54 bits per heavy atom. The third-order valence-electron chi connectivity index (χ3n) is 5.04. The lowest BCUT2D eigenvalue weighted by Crippen LogP contribution is -2.55. The number of rotatable bonds is 4. The van der Waals surface area contributed by atoms with Crippen LogP contribution in [0.5, 0.6) is 0 Å². The summed E-state index contributed by atoms with van der Waals surface area (Å²) in [6, 6.07) is 2.28. The van der Waals surface area contributed by atoms with Crippen LogP contribution in [0.2, 0.25) is 0 Å². The Bertz CT molecular complexity index is 805. The van der Waals surface area contributed by atoms with Crippen molar-refractivity contribution in [1.82, 2.24) is 25.2 Å². The molecule has 0 aromatic carbocycles. The van der Waals surface area contributed by atoms with Gasteiger partial charge in [0.15, 0.2) is 6.19 Å². The van der Waals surface area contributed by atoms with Crippen molar-refractivity contribution >= 4 is 22.8 Å². The van der Waals surface area contributed by atoms with Crippen LogP contribution in [-0.4, -0.2) is 58.5 Å². The fourth-order valence-electron chi connectivity index (χ4n) is 3.53. The number of anilines is 1. The molecule has 0 bridgehead atoms. The van der Waals surface area contributed by atoms with E-state index in [-0.39, 0.29) is 6.04 Å². The quantitative estimate of drug-likeness (QED) is 0.377. The summed E-state index contributed by atoms with van der Waals surface area (Å²) in [5.41, 5.74) is 0.846. The van der Waals surface area contributed by atoms with E-state index in [0.717, 1.165) is 42.8 Å². The van der Waals surface area contributed by atoms with E-state index >= 15 is 0 Å². The van der Waals surface area contributed by atoms with Crippen molar-refractivity contribution in [3.8, 4) is 6.19 Å². The fourth-order valence-corrected chi connectivity index (χ4v) is 3.53. The Morgan fingerprint density at radius 2 is 2.38 bits per heavy atom. The molecule has 2 atom stereocenters.